The maximum Gasteiger partial charge on any atom is 0.274 e. The van der Waals surface area contributed by atoms with Crippen molar-refractivity contribution in [2.45, 2.75) is 69.9 Å². The average Bonchev–Trinajstić information content (AvgIpc) is 2.89. The number of ether oxygens (including phenoxy) is 2. The number of nitrogens with two attached hydrogens (primary N) is 1. The Hall–Kier alpha value is -2.16. The van der Waals surface area contributed by atoms with E-state index in [9.17, 15) is 10.1 Å². The molecule has 2 fully saturated rings. The van der Waals surface area contributed by atoms with Gasteiger partial charge in [0.1, 0.15) is 0 Å². The van der Waals surface area contributed by atoms with Crippen molar-refractivity contribution in [3.63, 3.8) is 0 Å². The summed E-state index contributed by atoms with van der Waals surface area (Å²) in [5.41, 5.74) is 7.28. The van der Waals surface area contributed by atoms with E-state index < -0.39 is 0 Å². The number of likely N-dealkylation sites (tertiary alicyclic amines) is 1. The molecule has 3 atom stereocenters. The smallest absolute Gasteiger partial charge is 0.274 e. The summed E-state index contributed by atoms with van der Waals surface area (Å²) >= 11 is 0. The Morgan fingerprint density at radius 3 is 2.66 bits per heavy atom. The number of nitrogens with one attached hydrogen (secondary N) is 1. The predicted molar refractivity (Wildman–Crippen MR) is 138 cm³/mol. The molecule has 1 saturated carbocycles. The number of methoxy groups -OCH3 is 1. The van der Waals surface area contributed by atoms with E-state index in [1.54, 1.807) is 7.11 Å². The summed E-state index contributed by atoms with van der Waals surface area (Å²) in [6, 6.07) is 10.4. The zero-order valence-corrected chi connectivity index (χ0v) is 21.3. The second-order valence-electron chi connectivity index (χ2n) is 10.0. The first-order valence-corrected chi connectivity index (χ1v) is 13.3. The Bertz CT molecular complexity index is 770. The molecule has 1 saturated heterocycles. The third kappa shape index (κ3) is 9.09. The third-order valence-corrected chi connectivity index (χ3v) is 7.35. The molecule has 1 aromatic rings. The quantitative estimate of drug-likeness (QED) is 0.226. The molecule has 0 bridgehead atoms. The molecule has 8 heteroatoms. The molecule has 3 rings (SSSR count). The minimum atomic E-state index is -0.351. The zero-order chi connectivity index (χ0) is 24.9. The molecule has 2 aliphatic rings. The van der Waals surface area contributed by atoms with Crippen molar-refractivity contribution in [3.8, 4) is 0 Å². The second-order valence-corrected chi connectivity index (χ2v) is 10.0. The molecule has 35 heavy (non-hydrogen) atoms. The van der Waals surface area contributed by atoms with Crippen LogP contribution in [-0.4, -0.2) is 55.8 Å². The van der Waals surface area contributed by atoms with E-state index in [1.165, 1.54) is 32.1 Å². The van der Waals surface area contributed by atoms with Gasteiger partial charge in [-0.05, 0) is 37.2 Å². The Morgan fingerprint density at radius 2 is 1.97 bits per heavy atom. The lowest BCUT2D eigenvalue weighted by Gasteiger charge is -2.39. The molecule has 0 amide bonds. The van der Waals surface area contributed by atoms with Gasteiger partial charge in [0.2, 0.25) is 0 Å². The Balaban J connectivity index is 1.70. The molecule has 196 valence electrons. The number of piperidine rings is 1. The number of rotatable bonds is 14. The van der Waals surface area contributed by atoms with Crippen molar-refractivity contribution in [1.82, 2.24) is 10.2 Å². The summed E-state index contributed by atoms with van der Waals surface area (Å²) in [6.45, 7) is 3.25. The summed E-state index contributed by atoms with van der Waals surface area (Å²) in [5.74, 6) is 1.47. The highest BCUT2D eigenvalue weighted by atomic mass is 16.6. The molecule has 1 aliphatic heterocycles. The van der Waals surface area contributed by atoms with Crippen LogP contribution in [0.25, 0.3) is 0 Å². The van der Waals surface area contributed by atoms with Gasteiger partial charge < -0.3 is 25.4 Å². The lowest BCUT2D eigenvalue weighted by molar-refractivity contribution is -0.404. The van der Waals surface area contributed by atoms with E-state index >= 15 is 0 Å². The van der Waals surface area contributed by atoms with Crippen molar-refractivity contribution in [1.29, 1.82) is 0 Å². The van der Waals surface area contributed by atoms with E-state index in [1.807, 2.05) is 18.2 Å². The Kier molecular flexibility index (Phi) is 11.8. The second kappa shape index (κ2) is 15.1. The van der Waals surface area contributed by atoms with Gasteiger partial charge in [-0.15, -0.1) is 0 Å². The van der Waals surface area contributed by atoms with Crippen molar-refractivity contribution in [2.24, 2.45) is 17.6 Å². The summed E-state index contributed by atoms with van der Waals surface area (Å²) < 4.78 is 11.6. The van der Waals surface area contributed by atoms with Crippen LogP contribution in [0.3, 0.4) is 0 Å². The lowest BCUT2D eigenvalue weighted by atomic mass is 9.85. The van der Waals surface area contributed by atoms with Crippen LogP contribution in [0.2, 0.25) is 0 Å². The molecule has 3 N–H and O–H groups in total. The van der Waals surface area contributed by atoms with Gasteiger partial charge in [0.15, 0.2) is 5.82 Å². The highest BCUT2D eigenvalue weighted by molar-refractivity contribution is 5.19. The minimum absolute atomic E-state index is 0.0416. The highest BCUT2D eigenvalue weighted by Gasteiger charge is 2.31. The fraction of sp³-hybridized carbons (Fsp3) is 0.704. The Morgan fingerprint density at radius 1 is 1.20 bits per heavy atom. The van der Waals surface area contributed by atoms with Gasteiger partial charge in [-0.1, -0.05) is 62.4 Å². The van der Waals surface area contributed by atoms with Crippen molar-refractivity contribution in [3.05, 3.63) is 58.0 Å². The fourth-order valence-electron chi connectivity index (χ4n) is 5.60. The molecule has 1 aromatic carbocycles. The van der Waals surface area contributed by atoms with Crippen LogP contribution in [0.5, 0.6) is 0 Å². The molecular formula is C27H44N4O4. The standard InChI is InChI=1S/C27H44N4O4/c1-34-16-9-17-35-27(23-12-6-3-7-13-23)24-14-8-15-30(20-24)26(21-31(32)33)29-25(19-28)18-22-10-4-2-5-11-22/h3,6-7,12-13,21-22,24-25,27,29H,2,4-5,8-11,14-20,28H2,1H3/b26-21+/t24?,25-,27?/m0/s1. The minimum Gasteiger partial charge on any atom is -0.385 e. The van der Waals surface area contributed by atoms with E-state index in [-0.39, 0.29) is 23.0 Å². The summed E-state index contributed by atoms with van der Waals surface area (Å²) in [5, 5.41) is 15.0. The van der Waals surface area contributed by atoms with Crippen LogP contribution in [0.15, 0.2) is 42.4 Å². The maximum atomic E-state index is 11.5. The average molecular weight is 489 g/mol. The molecule has 1 aliphatic carbocycles. The van der Waals surface area contributed by atoms with Gasteiger partial charge in [-0.2, -0.15) is 0 Å². The van der Waals surface area contributed by atoms with Crippen molar-refractivity contribution in [2.75, 3.05) is 40.0 Å². The molecule has 0 radical (unpaired) electrons. The van der Waals surface area contributed by atoms with Crippen molar-refractivity contribution >= 4 is 0 Å². The number of hydrogen-bond donors (Lipinski definition) is 2. The number of nitro groups is 1. The van der Waals surface area contributed by atoms with Crippen LogP contribution in [0.1, 0.15) is 69.5 Å². The zero-order valence-electron chi connectivity index (χ0n) is 21.3. The van der Waals surface area contributed by atoms with Crippen LogP contribution in [0.4, 0.5) is 0 Å². The highest BCUT2D eigenvalue weighted by Crippen LogP contribution is 2.34. The fourth-order valence-corrected chi connectivity index (χ4v) is 5.60. The largest absolute Gasteiger partial charge is 0.385 e. The van der Waals surface area contributed by atoms with Gasteiger partial charge in [0.25, 0.3) is 6.20 Å². The first kappa shape index (κ1) is 27.4. The van der Waals surface area contributed by atoms with Gasteiger partial charge in [-0.25, -0.2) is 0 Å². The summed E-state index contributed by atoms with van der Waals surface area (Å²) in [6.07, 6.45) is 11.2. The van der Waals surface area contributed by atoms with Gasteiger partial charge in [-0.3, -0.25) is 10.1 Å². The predicted octanol–water partition coefficient (Wildman–Crippen LogP) is 4.46. The van der Waals surface area contributed by atoms with E-state index in [2.05, 4.69) is 22.3 Å². The van der Waals surface area contributed by atoms with Gasteiger partial charge in [0.05, 0.1) is 11.0 Å². The van der Waals surface area contributed by atoms with Crippen molar-refractivity contribution < 1.29 is 14.4 Å². The summed E-state index contributed by atoms with van der Waals surface area (Å²) in [4.78, 5) is 13.3. The van der Waals surface area contributed by atoms with Crippen LogP contribution < -0.4 is 11.1 Å². The molecule has 2 unspecified atom stereocenters. The topological polar surface area (TPSA) is 103 Å². The monoisotopic (exact) mass is 488 g/mol. The first-order valence-electron chi connectivity index (χ1n) is 13.3. The van der Waals surface area contributed by atoms with Crippen LogP contribution in [-0.2, 0) is 9.47 Å². The van der Waals surface area contributed by atoms with Gasteiger partial charge >= 0.3 is 0 Å². The lowest BCUT2D eigenvalue weighted by Crippen LogP contribution is -2.46. The third-order valence-electron chi connectivity index (χ3n) is 7.35. The summed E-state index contributed by atoms with van der Waals surface area (Å²) in [7, 11) is 1.70. The van der Waals surface area contributed by atoms with Crippen LogP contribution in [0, 0.1) is 22.0 Å². The molecular weight excluding hydrogens is 444 g/mol. The number of benzene rings is 1. The van der Waals surface area contributed by atoms with E-state index in [0.717, 1.165) is 44.0 Å². The van der Waals surface area contributed by atoms with E-state index in [4.69, 9.17) is 15.2 Å². The number of nitrogens with zero attached hydrogens (tertiary/aromatic N) is 2. The molecule has 0 spiro atoms. The first-order chi connectivity index (χ1) is 17.1. The van der Waals surface area contributed by atoms with E-state index in [0.29, 0.717) is 38.0 Å². The molecule has 1 heterocycles. The number of hydrogen-bond acceptors (Lipinski definition) is 7. The van der Waals surface area contributed by atoms with Gasteiger partial charge in [0, 0.05) is 51.9 Å². The SMILES string of the molecule is COCCCOC(c1ccccc1)C1CCCN(/C(=C/[N+](=O)[O-])N[C@H](CN)CC2CCCCC2)C1. The molecule has 0 aromatic heterocycles. The van der Waals surface area contributed by atoms with Crippen LogP contribution >= 0.6 is 0 Å². The maximum absolute atomic E-state index is 11.5. The Labute approximate surface area is 210 Å². The molecule has 8 nitrogen and oxygen atoms in total. The normalized spacial score (nSPS) is 21.5.